The maximum atomic E-state index is 11.6. The van der Waals surface area contributed by atoms with E-state index < -0.39 is 0 Å². The van der Waals surface area contributed by atoms with Crippen molar-refractivity contribution in [3.8, 4) is 0 Å². The average molecular weight is 203 g/mol. The highest BCUT2D eigenvalue weighted by atomic mass is 16.1. The minimum atomic E-state index is -0.0744. The molecule has 15 heavy (non-hydrogen) atoms. The zero-order chi connectivity index (χ0) is 11.1. The van der Waals surface area contributed by atoms with E-state index in [1.54, 1.807) is 0 Å². The Labute approximate surface area is 91.0 Å². The molecular formula is C13H17NO. The molecule has 1 amide bonds. The molecule has 2 heteroatoms. The Kier molecular flexibility index (Phi) is 4.61. The summed E-state index contributed by atoms with van der Waals surface area (Å²) in [5.74, 6) is -0.0744. The predicted molar refractivity (Wildman–Crippen MR) is 63.4 cm³/mol. The fourth-order valence-corrected chi connectivity index (χ4v) is 1.26. The average Bonchev–Trinajstić information content (AvgIpc) is 2.29. The third kappa shape index (κ3) is 3.58. The molecule has 0 atom stereocenters. The fourth-order valence-electron chi connectivity index (χ4n) is 1.26. The van der Waals surface area contributed by atoms with Crippen LogP contribution >= 0.6 is 0 Å². The second-order valence-electron chi connectivity index (χ2n) is 3.45. The number of hydrogen-bond acceptors (Lipinski definition) is 1. The molecule has 80 valence electrons. The molecule has 1 N–H and O–H groups in total. The molecule has 0 aliphatic heterocycles. The molecule has 0 radical (unpaired) electrons. The maximum absolute atomic E-state index is 11.6. The van der Waals surface area contributed by atoms with Crippen LogP contribution < -0.4 is 5.32 Å². The Morgan fingerprint density at radius 3 is 2.60 bits per heavy atom. The van der Waals surface area contributed by atoms with Gasteiger partial charge in [-0.2, -0.15) is 0 Å². The van der Waals surface area contributed by atoms with Crippen LogP contribution in [-0.2, 0) is 4.79 Å². The van der Waals surface area contributed by atoms with Gasteiger partial charge in [-0.05, 0) is 12.0 Å². The van der Waals surface area contributed by atoms with Gasteiger partial charge in [0.1, 0.15) is 0 Å². The second kappa shape index (κ2) is 6.02. The lowest BCUT2D eigenvalue weighted by molar-refractivity contribution is -0.115. The van der Waals surface area contributed by atoms with Crippen molar-refractivity contribution in [3.05, 3.63) is 42.5 Å². The number of unbranched alkanes of at least 4 members (excludes halogenated alkanes) is 1. The molecule has 0 fully saturated rings. The lowest BCUT2D eigenvalue weighted by atomic mass is 10.1. The number of hydrogen-bond donors (Lipinski definition) is 1. The first-order valence-corrected chi connectivity index (χ1v) is 5.28. The smallest absolute Gasteiger partial charge is 0.251 e. The van der Waals surface area contributed by atoms with Gasteiger partial charge in [0.25, 0.3) is 5.91 Å². The summed E-state index contributed by atoms with van der Waals surface area (Å²) in [5, 5.41) is 2.84. The van der Waals surface area contributed by atoms with Crippen LogP contribution in [0.4, 0.5) is 0 Å². The quantitative estimate of drug-likeness (QED) is 0.578. The molecule has 0 saturated carbocycles. The first kappa shape index (κ1) is 11.5. The molecule has 1 aromatic rings. The van der Waals surface area contributed by atoms with Crippen LogP contribution in [0.5, 0.6) is 0 Å². The van der Waals surface area contributed by atoms with Crippen LogP contribution in [0.3, 0.4) is 0 Å². The second-order valence-corrected chi connectivity index (χ2v) is 3.45. The van der Waals surface area contributed by atoms with Gasteiger partial charge in [0.2, 0.25) is 0 Å². The van der Waals surface area contributed by atoms with Crippen LogP contribution in [-0.4, -0.2) is 12.5 Å². The van der Waals surface area contributed by atoms with E-state index in [1.165, 1.54) is 0 Å². The lowest BCUT2D eigenvalue weighted by Gasteiger charge is -2.06. The van der Waals surface area contributed by atoms with E-state index in [-0.39, 0.29) is 5.91 Å². The van der Waals surface area contributed by atoms with Crippen molar-refractivity contribution in [1.29, 1.82) is 0 Å². The largest absolute Gasteiger partial charge is 0.352 e. The summed E-state index contributed by atoms with van der Waals surface area (Å²) in [5.41, 5.74) is 1.42. The number of rotatable bonds is 5. The maximum Gasteiger partial charge on any atom is 0.251 e. The van der Waals surface area contributed by atoms with Crippen LogP contribution in [0.1, 0.15) is 25.3 Å². The summed E-state index contributed by atoms with van der Waals surface area (Å²) in [6.07, 6.45) is 2.09. The summed E-state index contributed by atoms with van der Waals surface area (Å²) in [7, 11) is 0. The van der Waals surface area contributed by atoms with Gasteiger partial charge in [-0.25, -0.2) is 0 Å². The van der Waals surface area contributed by atoms with Crippen molar-refractivity contribution < 1.29 is 4.79 Å². The van der Waals surface area contributed by atoms with E-state index >= 15 is 0 Å². The number of amides is 1. The zero-order valence-corrected chi connectivity index (χ0v) is 9.12. The third-order valence-electron chi connectivity index (χ3n) is 2.21. The molecule has 0 heterocycles. The van der Waals surface area contributed by atoms with Crippen molar-refractivity contribution in [2.75, 3.05) is 6.54 Å². The summed E-state index contributed by atoms with van der Waals surface area (Å²) >= 11 is 0. The van der Waals surface area contributed by atoms with E-state index in [1.807, 2.05) is 30.3 Å². The van der Waals surface area contributed by atoms with Crippen LogP contribution in [0.15, 0.2) is 36.9 Å². The molecule has 0 aliphatic carbocycles. The standard InChI is InChI=1S/C13H17NO/c1-3-4-10-14-13(15)11(2)12-8-6-5-7-9-12/h5-9H,2-4,10H2,1H3,(H,14,15). The van der Waals surface area contributed by atoms with Crippen LogP contribution in [0.2, 0.25) is 0 Å². The Balaban J connectivity index is 2.50. The van der Waals surface area contributed by atoms with E-state index in [9.17, 15) is 4.79 Å². The summed E-state index contributed by atoms with van der Waals surface area (Å²) in [6, 6.07) is 9.51. The summed E-state index contributed by atoms with van der Waals surface area (Å²) in [6.45, 7) is 6.61. The molecule has 1 aromatic carbocycles. The number of benzene rings is 1. The molecule has 0 aliphatic rings. The van der Waals surface area contributed by atoms with Crippen molar-refractivity contribution in [2.24, 2.45) is 0 Å². The lowest BCUT2D eigenvalue weighted by Crippen LogP contribution is -2.24. The highest BCUT2D eigenvalue weighted by molar-refractivity contribution is 6.18. The van der Waals surface area contributed by atoms with Crippen molar-refractivity contribution in [3.63, 3.8) is 0 Å². The van der Waals surface area contributed by atoms with Crippen molar-refractivity contribution in [1.82, 2.24) is 5.32 Å². The Bertz CT molecular complexity index is 330. The Hall–Kier alpha value is -1.57. The van der Waals surface area contributed by atoms with E-state index in [2.05, 4.69) is 18.8 Å². The van der Waals surface area contributed by atoms with E-state index in [4.69, 9.17) is 0 Å². The van der Waals surface area contributed by atoms with Gasteiger partial charge in [0, 0.05) is 12.1 Å². The number of carbonyl (C=O) groups is 1. The normalized spacial score (nSPS) is 9.67. The van der Waals surface area contributed by atoms with Gasteiger partial charge in [0.15, 0.2) is 0 Å². The van der Waals surface area contributed by atoms with Crippen molar-refractivity contribution in [2.45, 2.75) is 19.8 Å². The number of carbonyl (C=O) groups excluding carboxylic acids is 1. The summed E-state index contributed by atoms with van der Waals surface area (Å²) < 4.78 is 0. The number of nitrogens with one attached hydrogen (secondary N) is 1. The molecule has 0 saturated heterocycles. The predicted octanol–water partition coefficient (Wildman–Crippen LogP) is 2.62. The third-order valence-corrected chi connectivity index (χ3v) is 2.21. The molecule has 2 nitrogen and oxygen atoms in total. The van der Waals surface area contributed by atoms with Crippen LogP contribution in [0, 0.1) is 0 Å². The fraction of sp³-hybridized carbons (Fsp3) is 0.308. The summed E-state index contributed by atoms with van der Waals surface area (Å²) in [4.78, 5) is 11.6. The highest BCUT2D eigenvalue weighted by Crippen LogP contribution is 2.11. The Morgan fingerprint density at radius 1 is 1.33 bits per heavy atom. The minimum Gasteiger partial charge on any atom is -0.352 e. The SMILES string of the molecule is C=C(C(=O)NCCCC)c1ccccc1. The van der Waals surface area contributed by atoms with E-state index in [0.29, 0.717) is 5.57 Å². The van der Waals surface area contributed by atoms with Gasteiger partial charge >= 0.3 is 0 Å². The highest BCUT2D eigenvalue weighted by Gasteiger charge is 2.07. The van der Waals surface area contributed by atoms with Gasteiger partial charge in [-0.1, -0.05) is 50.3 Å². The first-order valence-electron chi connectivity index (χ1n) is 5.28. The molecule has 1 rings (SSSR count). The molecule has 0 aromatic heterocycles. The zero-order valence-electron chi connectivity index (χ0n) is 9.12. The molecule has 0 spiro atoms. The van der Waals surface area contributed by atoms with Crippen LogP contribution in [0.25, 0.3) is 5.57 Å². The first-order chi connectivity index (χ1) is 7.25. The van der Waals surface area contributed by atoms with E-state index in [0.717, 1.165) is 24.9 Å². The molecule has 0 unspecified atom stereocenters. The van der Waals surface area contributed by atoms with Gasteiger partial charge in [-0.3, -0.25) is 4.79 Å². The van der Waals surface area contributed by atoms with Crippen molar-refractivity contribution >= 4 is 11.5 Å². The Morgan fingerprint density at radius 2 is 2.00 bits per heavy atom. The topological polar surface area (TPSA) is 29.1 Å². The van der Waals surface area contributed by atoms with Gasteiger partial charge in [-0.15, -0.1) is 0 Å². The molecular weight excluding hydrogens is 186 g/mol. The minimum absolute atomic E-state index is 0.0744. The van der Waals surface area contributed by atoms with Gasteiger partial charge in [0.05, 0.1) is 0 Å². The monoisotopic (exact) mass is 203 g/mol. The van der Waals surface area contributed by atoms with Gasteiger partial charge < -0.3 is 5.32 Å². The molecule has 0 bridgehead atoms.